The van der Waals surface area contributed by atoms with Crippen LogP contribution in [0.25, 0.3) is 21.7 Å². The summed E-state index contributed by atoms with van der Waals surface area (Å²) in [7, 11) is 0. The minimum absolute atomic E-state index is 0.530. The predicted molar refractivity (Wildman–Crippen MR) is 79.3 cm³/mol. The van der Waals surface area contributed by atoms with Gasteiger partial charge < -0.3 is 10.7 Å². The van der Waals surface area contributed by atoms with Crippen LogP contribution >= 0.6 is 11.3 Å². The van der Waals surface area contributed by atoms with Crippen molar-refractivity contribution in [2.75, 3.05) is 0 Å². The van der Waals surface area contributed by atoms with Gasteiger partial charge in [0.25, 0.3) is 0 Å². The highest BCUT2D eigenvalue weighted by Gasteiger charge is 2.17. The zero-order chi connectivity index (χ0) is 12.8. The normalized spacial score (nSPS) is 14.2. The van der Waals surface area contributed by atoms with Crippen LogP contribution in [0, 0.1) is 0 Å². The Morgan fingerprint density at radius 2 is 2.26 bits per heavy atom. The van der Waals surface area contributed by atoms with Crippen LogP contribution in [0.1, 0.15) is 22.4 Å². The average Bonchev–Trinajstić information content (AvgIpc) is 3.10. The first-order valence-corrected chi connectivity index (χ1v) is 7.46. The lowest BCUT2D eigenvalue weighted by molar-refractivity contribution is 0.915. The summed E-state index contributed by atoms with van der Waals surface area (Å²) in [6.07, 6.45) is 3.76. The minimum atomic E-state index is 0.530. The number of hydrogen-bond acceptors (Lipinski definition) is 3. The maximum Gasteiger partial charge on any atom is 0.148 e. The van der Waals surface area contributed by atoms with Gasteiger partial charge >= 0.3 is 0 Å². The molecule has 4 heteroatoms. The molecule has 0 saturated heterocycles. The molecule has 19 heavy (non-hydrogen) atoms. The van der Waals surface area contributed by atoms with Gasteiger partial charge in [0.05, 0.1) is 15.9 Å². The van der Waals surface area contributed by atoms with Crippen molar-refractivity contribution in [1.29, 1.82) is 0 Å². The molecule has 1 aliphatic carbocycles. The van der Waals surface area contributed by atoms with Crippen LogP contribution in [0.2, 0.25) is 0 Å². The molecule has 0 spiro atoms. The average molecular weight is 269 g/mol. The summed E-state index contributed by atoms with van der Waals surface area (Å²) in [4.78, 5) is 11.0. The van der Waals surface area contributed by atoms with Gasteiger partial charge in [0.1, 0.15) is 5.82 Å². The summed E-state index contributed by atoms with van der Waals surface area (Å²) in [5.74, 6) is 0.982. The molecule has 0 amide bonds. The van der Waals surface area contributed by atoms with Gasteiger partial charge in [-0.3, -0.25) is 0 Å². The number of aromatic nitrogens is 2. The Morgan fingerprint density at radius 3 is 3.11 bits per heavy atom. The minimum Gasteiger partial charge on any atom is -0.337 e. The zero-order valence-corrected chi connectivity index (χ0v) is 11.4. The lowest BCUT2D eigenvalue weighted by Crippen LogP contribution is -1.96. The van der Waals surface area contributed by atoms with E-state index in [4.69, 9.17) is 10.7 Å². The quantitative estimate of drug-likeness (QED) is 0.750. The molecule has 2 aromatic heterocycles. The fourth-order valence-electron chi connectivity index (χ4n) is 2.82. The second-order valence-electron chi connectivity index (χ2n) is 5.02. The molecular formula is C15H15N3S. The fraction of sp³-hybridized carbons (Fsp3) is 0.267. The Labute approximate surface area is 115 Å². The van der Waals surface area contributed by atoms with E-state index in [0.717, 1.165) is 22.4 Å². The number of hydrogen-bond donors (Lipinski definition) is 2. The second-order valence-corrected chi connectivity index (χ2v) is 6.15. The number of imidazole rings is 1. The molecule has 0 radical (unpaired) electrons. The molecule has 0 aliphatic heterocycles. The highest BCUT2D eigenvalue weighted by Crippen LogP contribution is 2.36. The summed E-state index contributed by atoms with van der Waals surface area (Å²) >= 11 is 1.88. The van der Waals surface area contributed by atoms with Crippen LogP contribution in [0.15, 0.2) is 24.3 Å². The van der Waals surface area contributed by atoms with Gasteiger partial charge in [-0.15, -0.1) is 11.3 Å². The molecule has 0 atom stereocenters. The number of nitrogens with one attached hydrogen (secondary N) is 1. The number of benzene rings is 1. The van der Waals surface area contributed by atoms with Crippen molar-refractivity contribution in [3.05, 3.63) is 40.3 Å². The van der Waals surface area contributed by atoms with E-state index in [1.54, 1.807) is 0 Å². The molecule has 0 fully saturated rings. The van der Waals surface area contributed by atoms with Crippen molar-refractivity contribution >= 4 is 22.4 Å². The molecule has 3 aromatic rings. The largest absolute Gasteiger partial charge is 0.337 e. The summed E-state index contributed by atoms with van der Waals surface area (Å²) in [5.41, 5.74) is 10.5. The number of rotatable bonds is 2. The first-order chi connectivity index (χ1) is 9.35. The molecule has 4 rings (SSSR count). The van der Waals surface area contributed by atoms with Gasteiger partial charge in [0, 0.05) is 11.4 Å². The molecule has 3 N–H and O–H groups in total. The third kappa shape index (κ3) is 1.71. The lowest BCUT2D eigenvalue weighted by Gasteiger charge is -1.95. The van der Waals surface area contributed by atoms with Gasteiger partial charge in [-0.1, -0.05) is 12.1 Å². The van der Waals surface area contributed by atoms with E-state index in [0.29, 0.717) is 6.54 Å². The van der Waals surface area contributed by atoms with Crippen molar-refractivity contribution in [2.24, 2.45) is 5.73 Å². The predicted octanol–water partition coefficient (Wildman–Crippen LogP) is 3.24. The summed E-state index contributed by atoms with van der Waals surface area (Å²) in [5, 5.41) is 0. The highest BCUT2D eigenvalue weighted by atomic mass is 32.1. The second kappa shape index (κ2) is 4.18. The Kier molecular flexibility index (Phi) is 2.47. The van der Waals surface area contributed by atoms with Gasteiger partial charge in [0.2, 0.25) is 0 Å². The zero-order valence-electron chi connectivity index (χ0n) is 10.6. The molecule has 1 aromatic carbocycles. The Balaban J connectivity index is 1.86. The first-order valence-electron chi connectivity index (χ1n) is 6.65. The Hall–Kier alpha value is -1.65. The molecule has 0 bridgehead atoms. The lowest BCUT2D eigenvalue weighted by atomic mass is 10.2. The van der Waals surface area contributed by atoms with Crippen molar-refractivity contribution < 1.29 is 0 Å². The maximum absolute atomic E-state index is 5.77. The van der Waals surface area contributed by atoms with Crippen LogP contribution in [-0.4, -0.2) is 9.97 Å². The highest BCUT2D eigenvalue weighted by molar-refractivity contribution is 7.15. The molecular weight excluding hydrogens is 254 g/mol. The number of fused-ring (bicyclic) bond motifs is 2. The molecule has 1 aliphatic rings. The van der Waals surface area contributed by atoms with Gasteiger partial charge in [-0.2, -0.15) is 0 Å². The molecule has 3 nitrogen and oxygen atoms in total. The SMILES string of the molecule is NCc1cccc2[nH]c(-c3cc4c(s3)CCC4)nc12. The van der Waals surface area contributed by atoms with Crippen LogP contribution in [0.3, 0.4) is 0 Å². The van der Waals surface area contributed by atoms with E-state index in [1.165, 1.54) is 34.6 Å². The van der Waals surface area contributed by atoms with E-state index in [9.17, 15) is 0 Å². The number of H-pyrrole nitrogens is 1. The molecule has 0 unspecified atom stereocenters. The molecule has 2 heterocycles. The van der Waals surface area contributed by atoms with E-state index >= 15 is 0 Å². The number of para-hydroxylation sites is 1. The number of aryl methyl sites for hydroxylation is 2. The maximum atomic E-state index is 5.77. The summed E-state index contributed by atoms with van der Waals surface area (Å²) in [6, 6.07) is 8.43. The number of thiophene rings is 1. The summed E-state index contributed by atoms with van der Waals surface area (Å²) in [6.45, 7) is 0.530. The van der Waals surface area contributed by atoms with Gasteiger partial charge in [-0.05, 0) is 42.5 Å². The summed E-state index contributed by atoms with van der Waals surface area (Å²) < 4.78 is 0. The van der Waals surface area contributed by atoms with E-state index in [-0.39, 0.29) is 0 Å². The van der Waals surface area contributed by atoms with Crippen molar-refractivity contribution in [2.45, 2.75) is 25.8 Å². The molecule has 0 saturated carbocycles. The third-order valence-corrected chi connectivity index (χ3v) is 5.04. The first kappa shape index (κ1) is 11.2. The smallest absolute Gasteiger partial charge is 0.148 e. The Bertz CT molecular complexity index is 732. The van der Waals surface area contributed by atoms with Crippen LogP contribution in [0.4, 0.5) is 0 Å². The third-order valence-electron chi connectivity index (χ3n) is 3.80. The molecule has 96 valence electrons. The monoisotopic (exact) mass is 269 g/mol. The van der Waals surface area contributed by atoms with Gasteiger partial charge in [-0.25, -0.2) is 4.98 Å². The van der Waals surface area contributed by atoms with Crippen LogP contribution in [-0.2, 0) is 19.4 Å². The standard InChI is InChI=1S/C15H15N3S/c16-8-10-4-1-5-11-14(10)18-15(17-11)13-7-9-3-2-6-12(9)19-13/h1,4-5,7H,2-3,6,8,16H2,(H,17,18). The van der Waals surface area contributed by atoms with E-state index < -0.39 is 0 Å². The fourth-order valence-corrected chi connectivity index (χ4v) is 4.02. The van der Waals surface area contributed by atoms with E-state index in [1.807, 2.05) is 23.5 Å². The van der Waals surface area contributed by atoms with Crippen molar-refractivity contribution in [3.63, 3.8) is 0 Å². The van der Waals surface area contributed by atoms with Gasteiger partial charge in [0.15, 0.2) is 0 Å². The van der Waals surface area contributed by atoms with Crippen molar-refractivity contribution in [1.82, 2.24) is 9.97 Å². The van der Waals surface area contributed by atoms with E-state index in [2.05, 4.69) is 17.1 Å². The van der Waals surface area contributed by atoms with Crippen LogP contribution in [0.5, 0.6) is 0 Å². The number of nitrogens with two attached hydrogens (primary N) is 1. The Morgan fingerprint density at radius 1 is 1.32 bits per heavy atom. The number of nitrogens with zero attached hydrogens (tertiary/aromatic N) is 1. The number of aromatic amines is 1. The van der Waals surface area contributed by atoms with Crippen LogP contribution < -0.4 is 5.73 Å². The topological polar surface area (TPSA) is 54.7 Å². The van der Waals surface area contributed by atoms with Crippen molar-refractivity contribution in [3.8, 4) is 10.7 Å².